The van der Waals surface area contributed by atoms with Gasteiger partial charge in [-0.1, -0.05) is 39.0 Å². The smallest absolute Gasteiger partial charge is 0.258 e. The van der Waals surface area contributed by atoms with E-state index >= 15 is 0 Å². The molecule has 0 rings (SSSR count). The number of carbonyl (C=O) groups is 1. The zero-order valence-electron chi connectivity index (χ0n) is 8.99. The maximum absolute atomic E-state index is 11.3. The Morgan fingerprint density at radius 1 is 1.07 bits per heavy atom. The molecule has 0 heterocycles. The molecular weight excluding hydrogens is 390 g/mol. The summed E-state index contributed by atoms with van der Waals surface area (Å²) in [7, 11) is 0. The fourth-order valence-electron chi connectivity index (χ4n) is 1.21. The summed E-state index contributed by atoms with van der Waals surface area (Å²) in [6, 6.07) is 0. The van der Waals surface area contributed by atoms with Crippen molar-refractivity contribution < 1.29 is 4.79 Å². The van der Waals surface area contributed by atoms with Gasteiger partial charge in [0.1, 0.15) is 0 Å². The number of halogens is 3. The Bertz CT molecular complexity index is 180. The number of hydrogen-bond acceptors (Lipinski definition) is 1. The SMILES string of the molecule is CCCCCCCCNC(=O)C(Br)(Br)Br. The van der Waals surface area contributed by atoms with Gasteiger partial charge in [-0.15, -0.1) is 0 Å². The molecule has 0 radical (unpaired) electrons. The predicted octanol–water partition coefficient (Wildman–Crippen LogP) is 4.30. The lowest BCUT2D eigenvalue weighted by molar-refractivity contribution is -0.119. The van der Waals surface area contributed by atoms with Gasteiger partial charge in [-0.3, -0.25) is 4.79 Å². The molecule has 0 spiro atoms. The quantitative estimate of drug-likeness (QED) is 0.494. The lowest BCUT2D eigenvalue weighted by Crippen LogP contribution is -2.34. The number of amides is 1. The molecule has 0 unspecified atom stereocenters. The minimum atomic E-state index is -0.810. The third-order valence-corrected chi connectivity index (χ3v) is 3.15. The van der Waals surface area contributed by atoms with Crippen LogP contribution in [0.4, 0.5) is 0 Å². The summed E-state index contributed by atoms with van der Waals surface area (Å²) in [6.07, 6.45) is 7.42. The third kappa shape index (κ3) is 9.82. The number of alkyl halides is 3. The van der Waals surface area contributed by atoms with E-state index in [-0.39, 0.29) is 5.91 Å². The van der Waals surface area contributed by atoms with Crippen LogP contribution in [0.25, 0.3) is 0 Å². The number of unbranched alkanes of at least 4 members (excludes halogenated alkanes) is 5. The van der Waals surface area contributed by atoms with Gasteiger partial charge in [0.05, 0.1) is 0 Å². The third-order valence-electron chi connectivity index (χ3n) is 2.07. The van der Waals surface area contributed by atoms with Crippen molar-refractivity contribution in [3.63, 3.8) is 0 Å². The molecule has 0 aliphatic rings. The summed E-state index contributed by atoms with van der Waals surface area (Å²) in [5.74, 6) is -0.0870. The highest BCUT2D eigenvalue weighted by Gasteiger charge is 2.27. The van der Waals surface area contributed by atoms with Gasteiger partial charge in [0.25, 0.3) is 5.91 Å². The van der Waals surface area contributed by atoms with Crippen LogP contribution < -0.4 is 5.32 Å². The maximum atomic E-state index is 11.3. The second-order valence-electron chi connectivity index (χ2n) is 3.52. The minimum Gasteiger partial charge on any atom is -0.353 e. The normalized spacial score (nSPS) is 11.5. The van der Waals surface area contributed by atoms with Crippen molar-refractivity contribution in [2.24, 2.45) is 0 Å². The molecule has 0 fully saturated rings. The van der Waals surface area contributed by atoms with Crippen molar-refractivity contribution >= 4 is 53.7 Å². The van der Waals surface area contributed by atoms with Gasteiger partial charge >= 0.3 is 0 Å². The first-order chi connectivity index (χ1) is 6.98. The summed E-state index contributed by atoms with van der Waals surface area (Å²) >= 11 is 9.51. The fourth-order valence-corrected chi connectivity index (χ4v) is 1.63. The van der Waals surface area contributed by atoms with Crippen molar-refractivity contribution in [2.45, 2.75) is 47.6 Å². The average Bonchev–Trinajstić information content (AvgIpc) is 2.14. The summed E-state index contributed by atoms with van der Waals surface area (Å²) in [5, 5.41) is 2.83. The lowest BCUT2D eigenvalue weighted by Gasteiger charge is -2.12. The first-order valence-electron chi connectivity index (χ1n) is 5.33. The molecule has 0 aliphatic carbocycles. The van der Waals surface area contributed by atoms with Gasteiger partial charge in [-0.25, -0.2) is 0 Å². The second-order valence-corrected chi connectivity index (χ2v) is 10.3. The van der Waals surface area contributed by atoms with Crippen LogP contribution in [0.1, 0.15) is 45.4 Å². The molecule has 2 nitrogen and oxygen atoms in total. The molecular formula is C10H18Br3NO. The molecule has 15 heavy (non-hydrogen) atoms. The molecule has 0 aromatic heterocycles. The molecule has 0 atom stereocenters. The van der Waals surface area contributed by atoms with Crippen molar-refractivity contribution in [3.05, 3.63) is 0 Å². The Balaban J connectivity index is 3.28. The molecule has 0 aromatic carbocycles. The standard InChI is InChI=1S/C10H18Br3NO/c1-2-3-4-5-6-7-8-14-9(15)10(11,12)13/h2-8H2,1H3,(H,14,15). The van der Waals surface area contributed by atoms with Crippen LogP contribution in [0.5, 0.6) is 0 Å². The highest BCUT2D eigenvalue weighted by atomic mass is 80.0. The Hall–Kier alpha value is 0.910. The highest BCUT2D eigenvalue weighted by Crippen LogP contribution is 2.33. The lowest BCUT2D eigenvalue weighted by atomic mass is 10.1. The van der Waals surface area contributed by atoms with E-state index in [1.165, 1.54) is 32.1 Å². The predicted molar refractivity (Wildman–Crippen MR) is 75.9 cm³/mol. The van der Waals surface area contributed by atoms with E-state index in [0.717, 1.165) is 13.0 Å². The largest absolute Gasteiger partial charge is 0.353 e. The summed E-state index contributed by atoms with van der Waals surface area (Å²) in [5.41, 5.74) is 0. The molecule has 1 N–H and O–H groups in total. The number of carbonyl (C=O) groups excluding carboxylic acids is 1. The Morgan fingerprint density at radius 3 is 2.13 bits per heavy atom. The van der Waals surface area contributed by atoms with Crippen LogP contribution >= 0.6 is 47.8 Å². The van der Waals surface area contributed by atoms with E-state index in [1.807, 2.05) is 0 Å². The maximum Gasteiger partial charge on any atom is 0.258 e. The van der Waals surface area contributed by atoms with E-state index in [4.69, 9.17) is 0 Å². The zero-order chi connectivity index (χ0) is 11.7. The van der Waals surface area contributed by atoms with E-state index in [9.17, 15) is 4.79 Å². The minimum absolute atomic E-state index is 0.0870. The monoisotopic (exact) mass is 405 g/mol. The molecule has 0 aliphatic heterocycles. The molecule has 0 saturated carbocycles. The van der Waals surface area contributed by atoms with Crippen LogP contribution in [0.2, 0.25) is 0 Å². The van der Waals surface area contributed by atoms with Crippen molar-refractivity contribution in [2.75, 3.05) is 6.54 Å². The average molecular weight is 408 g/mol. The van der Waals surface area contributed by atoms with Gasteiger partial charge in [0.2, 0.25) is 2.14 Å². The van der Waals surface area contributed by atoms with Crippen molar-refractivity contribution in [1.82, 2.24) is 5.32 Å². The Kier molecular flexibility index (Phi) is 9.54. The van der Waals surface area contributed by atoms with E-state index in [1.54, 1.807) is 0 Å². The molecule has 0 bridgehead atoms. The number of rotatable bonds is 7. The highest BCUT2D eigenvalue weighted by molar-refractivity contribution is 9.40. The topological polar surface area (TPSA) is 29.1 Å². The zero-order valence-corrected chi connectivity index (χ0v) is 13.7. The summed E-state index contributed by atoms with van der Waals surface area (Å²) in [6.45, 7) is 2.96. The van der Waals surface area contributed by atoms with Crippen LogP contribution in [0, 0.1) is 0 Å². The molecule has 90 valence electrons. The molecule has 1 amide bonds. The number of nitrogens with one attached hydrogen (secondary N) is 1. The summed E-state index contributed by atoms with van der Waals surface area (Å²) in [4.78, 5) is 11.3. The van der Waals surface area contributed by atoms with Gasteiger partial charge in [-0.05, 0) is 54.2 Å². The number of hydrogen-bond donors (Lipinski definition) is 1. The van der Waals surface area contributed by atoms with Crippen LogP contribution in [0.15, 0.2) is 0 Å². The fraction of sp³-hybridized carbons (Fsp3) is 0.900. The van der Waals surface area contributed by atoms with Gasteiger partial charge in [0, 0.05) is 6.54 Å². The van der Waals surface area contributed by atoms with Gasteiger partial charge in [0.15, 0.2) is 0 Å². The second kappa shape index (κ2) is 8.99. The first-order valence-corrected chi connectivity index (χ1v) is 7.71. The van der Waals surface area contributed by atoms with E-state index in [0.29, 0.717) is 0 Å². The van der Waals surface area contributed by atoms with Crippen LogP contribution in [-0.2, 0) is 4.79 Å². The Morgan fingerprint density at radius 2 is 1.60 bits per heavy atom. The van der Waals surface area contributed by atoms with Gasteiger partial charge < -0.3 is 5.32 Å². The summed E-state index contributed by atoms with van der Waals surface area (Å²) < 4.78 is -0.810. The van der Waals surface area contributed by atoms with Crippen LogP contribution in [0.3, 0.4) is 0 Å². The van der Waals surface area contributed by atoms with Crippen molar-refractivity contribution in [1.29, 1.82) is 0 Å². The first kappa shape index (κ1) is 15.9. The van der Waals surface area contributed by atoms with E-state index in [2.05, 4.69) is 60.0 Å². The molecule has 0 saturated heterocycles. The molecule has 0 aromatic rings. The molecule has 5 heteroatoms. The van der Waals surface area contributed by atoms with Crippen LogP contribution in [-0.4, -0.2) is 14.6 Å². The van der Waals surface area contributed by atoms with Gasteiger partial charge in [-0.2, -0.15) is 0 Å². The Labute approximate surface area is 117 Å². The van der Waals surface area contributed by atoms with E-state index < -0.39 is 2.14 Å². The van der Waals surface area contributed by atoms with Crippen molar-refractivity contribution in [3.8, 4) is 0 Å².